The molecule has 0 spiro atoms. The van der Waals surface area contributed by atoms with E-state index in [1.54, 1.807) is 24.3 Å². The Morgan fingerprint density at radius 2 is 1.89 bits per heavy atom. The van der Waals surface area contributed by atoms with E-state index in [9.17, 15) is 9.59 Å². The molecule has 0 N–H and O–H groups in total. The minimum Gasteiger partial charge on any atom is -0.455 e. The summed E-state index contributed by atoms with van der Waals surface area (Å²) in [5.74, 6) is -0.715. The summed E-state index contributed by atoms with van der Waals surface area (Å²) >= 11 is 1.41. The smallest absolute Gasteiger partial charge is 0.316 e. The maximum atomic E-state index is 12.3. The van der Waals surface area contributed by atoms with E-state index in [4.69, 9.17) is 10.00 Å². The van der Waals surface area contributed by atoms with Crippen molar-refractivity contribution < 1.29 is 14.3 Å². The van der Waals surface area contributed by atoms with Crippen molar-refractivity contribution in [2.24, 2.45) is 0 Å². The van der Waals surface area contributed by atoms with Gasteiger partial charge >= 0.3 is 5.97 Å². The zero-order valence-corrected chi connectivity index (χ0v) is 15.7. The fraction of sp³-hybridized carbons (Fsp3) is 0.286. The van der Waals surface area contributed by atoms with Gasteiger partial charge in [-0.1, -0.05) is 24.3 Å². The van der Waals surface area contributed by atoms with Crippen molar-refractivity contribution in [3.05, 3.63) is 59.7 Å². The fourth-order valence-corrected chi connectivity index (χ4v) is 3.80. The number of carbonyl (C=O) groups excluding carboxylic acids is 2. The summed E-state index contributed by atoms with van der Waals surface area (Å²) in [6, 6.07) is 17.1. The number of anilines is 1. The third-order valence-electron chi connectivity index (χ3n) is 4.38. The molecule has 2 aromatic carbocycles. The molecule has 1 amide bonds. The Labute approximate surface area is 162 Å². The number of para-hydroxylation sites is 1. The van der Waals surface area contributed by atoms with E-state index in [2.05, 4.69) is 12.1 Å². The topological polar surface area (TPSA) is 70.4 Å². The molecule has 5 nitrogen and oxygen atoms in total. The van der Waals surface area contributed by atoms with Gasteiger partial charge in [0.15, 0.2) is 6.61 Å². The van der Waals surface area contributed by atoms with Crippen LogP contribution in [0.2, 0.25) is 0 Å². The van der Waals surface area contributed by atoms with Crippen LogP contribution in [0.3, 0.4) is 0 Å². The largest absolute Gasteiger partial charge is 0.455 e. The van der Waals surface area contributed by atoms with Crippen molar-refractivity contribution in [3.63, 3.8) is 0 Å². The van der Waals surface area contributed by atoms with Gasteiger partial charge in [-0.2, -0.15) is 5.26 Å². The number of carbonyl (C=O) groups is 2. The van der Waals surface area contributed by atoms with E-state index in [1.807, 2.05) is 18.2 Å². The number of benzene rings is 2. The average Bonchev–Trinajstić information content (AvgIpc) is 3.17. The molecule has 0 radical (unpaired) electrons. The standard InChI is InChI=1S/C21H20N2O3S/c22-11-12-23(18-7-2-1-3-8-18)20(24)14-26-21(25)15-27-19-10-9-16-5-4-6-17(16)13-19/h1-3,7-10,13H,4-6,12,14-15H2. The van der Waals surface area contributed by atoms with Gasteiger partial charge in [0, 0.05) is 10.6 Å². The molecule has 0 bridgehead atoms. The van der Waals surface area contributed by atoms with E-state index in [0.717, 1.165) is 17.7 Å². The normalized spacial score (nSPS) is 12.1. The van der Waals surface area contributed by atoms with Crippen molar-refractivity contribution in [1.29, 1.82) is 5.26 Å². The minimum atomic E-state index is -0.446. The van der Waals surface area contributed by atoms with Crippen molar-refractivity contribution in [2.45, 2.75) is 24.2 Å². The molecule has 0 saturated carbocycles. The molecule has 0 heterocycles. The Morgan fingerprint density at radius 1 is 1.11 bits per heavy atom. The van der Waals surface area contributed by atoms with Crippen LogP contribution in [0.1, 0.15) is 17.5 Å². The molecule has 27 heavy (non-hydrogen) atoms. The summed E-state index contributed by atoms with van der Waals surface area (Å²) in [5, 5.41) is 8.95. The van der Waals surface area contributed by atoms with Crippen LogP contribution in [-0.4, -0.2) is 30.8 Å². The number of thioether (sulfide) groups is 1. The SMILES string of the molecule is N#CCN(C(=O)COC(=O)CSc1ccc2c(c1)CCC2)c1ccccc1. The first-order valence-corrected chi connectivity index (χ1v) is 9.78. The molecular weight excluding hydrogens is 360 g/mol. The Bertz CT molecular complexity index is 861. The second-order valence-electron chi connectivity index (χ2n) is 6.21. The summed E-state index contributed by atoms with van der Waals surface area (Å²) in [6.45, 7) is -0.468. The van der Waals surface area contributed by atoms with Crippen molar-refractivity contribution >= 4 is 29.3 Å². The molecular formula is C21H20N2O3S. The number of aryl methyl sites for hydroxylation is 2. The number of esters is 1. The number of ether oxygens (including phenoxy) is 1. The first kappa shape index (κ1) is 19.0. The highest BCUT2D eigenvalue weighted by atomic mass is 32.2. The zero-order valence-electron chi connectivity index (χ0n) is 14.9. The van der Waals surface area contributed by atoms with Crippen LogP contribution < -0.4 is 4.90 Å². The van der Waals surface area contributed by atoms with Gasteiger partial charge in [0.2, 0.25) is 0 Å². The van der Waals surface area contributed by atoms with Crippen molar-refractivity contribution in [2.75, 3.05) is 23.8 Å². The number of nitrogens with zero attached hydrogens (tertiary/aromatic N) is 2. The lowest BCUT2D eigenvalue weighted by Crippen LogP contribution is -2.35. The van der Waals surface area contributed by atoms with Crippen LogP contribution in [-0.2, 0) is 27.2 Å². The van der Waals surface area contributed by atoms with E-state index in [1.165, 1.54) is 34.2 Å². The number of fused-ring (bicyclic) bond motifs is 1. The first-order chi connectivity index (χ1) is 13.2. The van der Waals surface area contributed by atoms with Crippen LogP contribution in [0.15, 0.2) is 53.4 Å². The first-order valence-electron chi connectivity index (χ1n) is 8.80. The van der Waals surface area contributed by atoms with Gasteiger partial charge in [-0.3, -0.25) is 14.5 Å². The molecule has 6 heteroatoms. The second kappa shape index (κ2) is 9.24. The predicted octanol–water partition coefficient (Wildman–Crippen LogP) is 3.37. The molecule has 3 rings (SSSR count). The minimum absolute atomic E-state index is 0.0930. The monoisotopic (exact) mass is 380 g/mol. The Morgan fingerprint density at radius 3 is 2.67 bits per heavy atom. The second-order valence-corrected chi connectivity index (χ2v) is 7.26. The van der Waals surface area contributed by atoms with Crippen molar-refractivity contribution in [3.8, 4) is 6.07 Å². The number of hydrogen-bond acceptors (Lipinski definition) is 5. The molecule has 138 valence electrons. The Kier molecular flexibility index (Phi) is 6.50. The van der Waals surface area contributed by atoms with E-state index >= 15 is 0 Å². The molecule has 1 aliphatic rings. The highest BCUT2D eigenvalue weighted by molar-refractivity contribution is 8.00. The van der Waals surface area contributed by atoms with E-state index in [0.29, 0.717) is 5.69 Å². The van der Waals surface area contributed by atoms with E-state index in [-0.39, 0.29) is 18.9 Å². The lowest BCUT2D eigenvalue weighted by molar-refractivity contribution is -0.145. The molecule has 0 aromatic heterocycles. The van der Waals surface area contributed by atoms with Gasteiger partial charge in [0.05, 0.1) is 11.8 Å². The summed E-state index contributed by atoms with van der Waals surface area (Å²) < 4.78 is 5.11. The van der Waals surface area contributed by atoms with Crippen LogP contribution in [0, 0.1) is 11.3 Å². The van der Waals surface area contributed by atoms with Crippen LogP contribution in [0.25, 0.3) is 0 Å². The third kappa shape index (κ3) is 5.11. The summed E-state index contributed by atoms with van der Waals surface area (Å²) in [5.41, 5.74) is 3.36. The fourth-order valence-electron chi connectivity index (χ4n) is 3.04. The molecule has 2 aromatic rings. The number of rotatable bonds is 7. The summed E-state index contributed by atoms with van der Waals surface area (Å²) in [6.07, 6.45) is 3.41. The molecule has 0 unspecified atom stereocenters. The number of hydrogen-bond donors (Lipinski definition) is 0. The quantitative estimate of drug-likeness (QED) is 0.418. The van der Waals surface area contributed by atoms with Crippen LogP contribution >= 0.6 is 11.8 Å². The van der Waals surface area contributed by atoms with Gasteiger partial charge < -0.3 is 4.74 Å². The Balaban J connectivity index is 1.49. The maximum absolute atomic E-state index is 12.3. The Hall–Kier alpha value is -2.78. The lowest BCUT2D eigenvalue weighted by atomic mass is 10.1. The molecule has 0 saturated heterocycles. The van der Waals surface area contributed by atoms with Gasteiger partial charge in [0.1, 0.15) is 6.54 Å². The van der Waals surface area contributed by atoms with Gasteiger partial charge in [0.25, 0.3) is 5.91 Å². The third-order valence-corrected chi connectivity index (χ3v) is 5.35. The average molecular weight is 380 g/mol. The van der Waals surface area contributed by atoms with Gasteiger partial charge in [-0.25, -0.2) is 0 Å². The van der Waals surface area contributed by atoms with Gasteiger partial charge in [-0.15, -0.1) is 11.8 Å². The van der Waals surface area contributed by atoms with Gasteiger partial charge in [-0.05, 0) is 54.7 Å². The van der Waals surface area contributed by atoms with E-state index < -0.39 is 11.9 Å². The predicted molar refractivity (Wildman–Crippen MR) is 105 cm³/mol. The van der Waals surface area contributed by atoms with Crippen molar-refractivity contribution in [1.82, 2.24) is 0 Å². The summed E-state index contributed by atoms with van der Waals surface area (Å²) in [4.78, 5) is 26.7. The molecule has 1 aliphatic carbocycles. The molecule has 0 aliphatic heterocycles. The zero-order chi connectivity index (χ0) is 19.1. The highest BCUT2D eigenvalue weighted by Gasteiger charge is 2.17. The summed E-state index contributed by atoms with van der Waals surface area (Å²) in [7, 11) is 0. The maximum Gasteiger partial charge on any atom is 0.316 e. The molecule has 0 fully saturated rings. The number of nitriles is 1. The van der Waals surface area contributed by atoms with Crippen LogP contribution in [0.4, 0.5) is 5.69 Å². The van der Waals surface area contributed by atoms with Crippen LogP contribution in [0.5, 0.6) is 0 Å². The lowest BCUT2D eigenvalue weighted by Gasteiger charge is -2.19. The molecule has 0 atom stereocenters. The highest BCUT2D eigenvalue weighted by Crippen LogP contribution is 2.27. The number of amides is 1.